The molecular weight excluding hydrogens is 428 g/mol. The minimum absolute atomic E-state index is 0.0670. The van der Waals surface area contributed by atoms with Gasteiger partial charge in [0.05, 0.1) is 5.56 Å². The monoisotopic (exact) mass is 462 g/mol. The van der Waals surface area contributed by atoms with Gasteiger partial charge >= 0.3 is 0 Å². The molecule has 0 spiro atoms. The van der Waals surface area contributed by atoms with E-state index in [9.17, 15) is 0 Å². The Balaban J connectivity index is 1.75. The lowest BCUT2D eigenvalue weighted by Crippen LogP contribution is -2.31. The van der Waals surface area contributed by atoms with Crippen molar-refractivity contribution in [2.75, 3.05) is 42.2 Å². The van der Waals surface area contributed by atoms with E-state index in [4.69, 9.17) is 15.4 Å². The molecule has 10 heteroatoms. The fourth-order valence-corrected chi connectivity index (χ4v) is 4.16. The highest BCUT2D eigenvalue weighted by Crippen LogP contribution is 2.31. The Morgan fingerprint density at radius 2 is 2.09 bits per heavy atom. The van der Waals surface area contributed by atoms with Gasteiger partial charge in [0.1, 0.15) is 18.0 Å². The van der Waals surface area contributed by atoms with Crippen LogP contribution in [0.15, 0.2) is 24.5 Å². The van der Waals surface area contributed by atoms with E-state index in [1.807, 2.05) is 32.2 Å². The van der Waals surface area contributed by atoms with E-state index >= 15 is 0 Å². The zero-order chi connectivity index (χ0) is 24.3. The van der Waals surface area contributed by atoms with Gasteiger partial charge in [0.25, 0.3) is 0 Å². The van der Waals surface area contributed by atoms with Crippen LogP contribution in [0.25, 0.3) is 11.4 Å². The van der Waals surface area contributed by atoms with E-state index in [1.165, 1.54) is 12.5 Å². The first-order chi connectivity index (χ1) is 16.2. The number of hydrogen-bond donors (Lipinski definition) is 5. The molecular formula is C24H34N10. The van der Waals surface area contributed by atoms with E-state index in [0.29, 0.717) is 23.2 Å². The molecule has 1 aromatic carbocycles. The third-order valence-electron chi connectivity index (χ3n) is 5.72. The van der Waals surface area contributed by atoms with Gasteiger partial charge in [-0.05, 0) is 36.9 Å². The van der Waals surface area contributed by atoms with E-state index in [2.05, 4.69) is 56.8 Å². The van der Waals surface area contributed by atoms with E-state index < -0.39 is 0 Å². The maximum atomic E-state index is 8.19. The summed E-state index contributed by atoms with van der Waals surface area (Å²) in [6.45, 7) is 11.2. The summed E-state index contributed by atoms with van der Waals surface area (Å²) in [5.74, 6) is 2.56. The molecule has 4 rings (SSSR count). The molecule has 5 N–H and O–H groups in total. The predicted molar refractivity (Wildman–Crippen MR) is 137 cm³/mol. The Morgan fingerprint density at radius 1 is 1.26 bits per heavy atom. The van der Waals surface area contributed by atoms with E-state index in [1.54, 1.807) is 0 Å². The van der Waals surface area contributed by atoms with Crippen molar-refractivity contribution < 1.29 is 0 Å². The van der Waals surface area contributed by atoms with Crippen LogP contribution in [0.1, 0.15) is 38.3 Å². The van der Waals surface area contributed by atoms with Crippen molar-refractivity contribution in [3.63, 3.8) is 0 Å². The molecule has 1 fully saturated rings. The average Bonchev–Trinajstić information content (AvgIpc) is 3.48. The van der Waals surface area contributed by atoms with E-state index in [0.717, 1.165) is 48.7 Å². The first-order valence-electron chi connectivity index (χ1n) is 11.6. The fraction of sp³-hybridized carbons (Fsp3) is 0.458. The van der Waals surface area contributed by atoms with Gasteiger partial charge in [-0.2, -0.15) is 15.1 Å². The average molecular weight is 463 g/mol. The van der Waals surface area contributed by atoms with Crippen molar-refractivity contribution in [2.24, 2.45) is 5.41 Å². The number of H-pyrrole nitrogens is 1. The second-order valence-corrected chi connectivity index (χ2v) is 10.0. The maximum absolute atomic E-state index is 8.19. The third-order valence-corrected chi connectivity index (χ3v) is 5.72. The summed E-state index contributed by atoms with van der Waals surface area (Å²) in [6, 6.07) is 6.32. The largest absolute Gasteiger partial charge is 0.358 e. The van der Waals surface area contributed by atoms with Gasteiger partial charge in [-0.3, -0.25) is 5.10 Å². The third kappa shape index (κ3) is 5.51. The molecule has 0 radical (unpaired) electrons. The number of aryl methyl sites for hydroxylation is 1. The first kappa shape index (κ1) is 23.6. The lowest BCUT2D eigenvalue weighted by Gasteiger charge is -2.29. The fourth-order valence-electron chi connectivity index (χ4n) is 4.16. The van der Waals surface area contributed by atoms with Crippen LogP contribution in [-0.4, -0.2) is 64.1 Å². The van der Waals surface area contributed by atoms with Gasteiger partial charge in [0, 0.05) is 43.6 Å². The quantitative estimate of drug-likeness (QED) is 0.321. The van der Waals surface area contributed by atoms with Crippen molar-refractivity contribution in [3.05, 3.63) is 35.7 Å². The molecule has 34 heavy (non-hydrogen) atoms. The highest BCUT2D eigenvalue weighted by Gasteiger charge is 2.23. The second-order valence-electron chi connectivity index (χ2n) is 10.0. The Kier molecular flexibility index (Phi) is 6.78. The number of aromatic amines is 1. The van der Waals surface area contributed by atoms with Gasteiger partial charge in [-0.25, -0.2) is 4.98 Å². The van der Waals surface area contributed by atoms with Crippen LogP contribution in [0.2, 0.25) is 0 Å². The molecule has 0 amide bonds. The summed E-state index contributed by atoms with van der Waals surface area (Å²) in [7, 11) is 2.01. The molecule has 10 nitrogen and oxygen atoms in total. The highest BCUT2D eigenvalue weighted by molar-refractivity contribution is 5.93. The molecule has 0 aliphatic carbocycles. The zero-order valence-electron chi connectivity index (χ0n) is 20.5. The van der Waals surface area contributed by atoms with Crippen LogP contribution in [0.4, 0.5) is 23.3 Å². The second kappa shape index (κ2) is 9.76. The molecule has 0 saturated carbocycles. The maximum Gasteiger partial charge on any atom is 0.226 e. The summed E-state index contributed by atoms with van der Waals surface area (Å²) in [4.78, 5) is 16.0. The molecule has 1 atom stereocenters. The lowest BCUT2D eigenvalue weighted by molar-refractivity contribution is 0.417. The molecule has 0 unspecified atom stereocenters. The molecule has 1 aliphatic rings. The van der Waals surface area contributed by atoms with Crippen LogP contribution in [0.5, 0.6) is 0 Å². The summed E-state index contributed by atoms with van der Waals surface area (Å²) in [6.07, 6.45) is 3.84. The highest BCUT2D eigenvalue weighted by atomic mass is 15.3. The number of nitrogens with one attached hydrogen (secondary N) is 5. The van der Waals surface area contributed by atoms with Crippen LogP contribution in [0.3, 0.4) is 0 Å². The standard InChI is InChI=1S/C24H34N10/c1-15-6-7-16(20-27-14-28-33-20)10-19(15)30-21-18(11-25)22(34(5)13-24(2,3)4)32-23(31-21)29-17-8-9-26-12-17/h6-7,10-11,14,17,25-26H,8-9,12-13H2,1-5H3,(H,27,28,33)(H2,29,30,31,32)/t17-/m1/s1. The smallest absolute Gasteiger partial charge is 0.226 e. The Hall–Kier alpha value is -3.53. The van der Waals surface area contributed by atoms with Crippen molar-refractivity contribution in [3.8, 4) is 11.4 Å². The van der Waals surface area contributed by atoms with Gasteiger partial charge in [0.15, 0.2) is 5.82 Å². The molecule has 2 aromatic heterocycles. The van der Waals surface area contributed by atoms with Crippen LogP contribution >= 0.6 is 0 Å². The summed E-state index contributed by atoms with van der Waals surface area (Å²) in [5, 5.41) is 25.4. The molecule has 180 valence electrons. The molecule has 0 bridgehead atoms. The van der Waals surface area contributed by atoms with Crippen LogP contribution < -0.4 is 20.9 Å². The SMILES string of the molecule is Cc1ccc(-c2ncn[nH]2)cc1Nc1nc(N[C@@H]2CCNC2)nc(N(C)CC(C)(C)C)c1C=N. The molecule has 3 aromatic rings. The Labute approximate surface area is 200 Å². The summed E-state index contributed by atoms with van der Waals surface area (Å²) < 4.78 is 0. The first-order valence-corrected chi connectivity index (χ1v) is 11.6. The number of rotatable bonds is 8. The van der Waals surface area contributed by atoms with Gasteiger partial charge in [-0.15, -0.1) is 0 Å². The zero-order valence-corrected chi connectivity index (χ0v) is 20.5. The molecule has 1 saturated heterocycles. The predicted octanol–water partition coefficient (Wildman–Crippen LogP) is 3.57. The van der Waals surface area contributed by atoms with Gasteiger partial charge in [-0.1, -0.05) is 32.9 Å². The van der Waals surface area contributed by atoms with Crippen LogP contribution in [-0.2, 0) is 0 Å². The number of nitrogens with zero attached hydrogens (tertiary/aromatic N) is 5. The molecule has 3 heterocycles. The van der Waals surface area contributed by atoms with Crippen molar-refractivity contribution >= 4 is 29.5 Å². The van der Waals surface area contributed by atoms with E-state index in [-0.39, 0.29) is 11.5 Å². The topological polar surface area (TPSA) is 131 Å². The number of benzene rings is 1. The Bertz CT molecular complexity index is 1130. The van der Waals surface area contributed by atoms with Gasteiger partial charge in [0.2, 0.25) is 5.95 Å². The number of anilines is 4. The minimum Gasteiger partial charge on any atom is -0.358 e. The van der Waals surface area contributed by atoms with Crippen molar-refractivity contribution in [2.45, 2.75) is 40.2 Å². The normalized spacial score (nSPS) is 15.9. The number of hydrogen-bond acceptors (Lipinski definition) is 9. The van der Waals surface area contributed by atoms with Gasteiger partial charge < -0.3 is 26.3 Å². The Morgan fingerprint density at radius 3 is 2.74 bits per heavy atom. The van der Waals surface area contributed by atoms with Crippen molar-refractivity contribution in [1.82, 2.24) is 30.5 Å². The van der Waals surface area contributed by atoms with Crippen LogP contribution in [0, 0.1) is 17.7 Å². The lowest BCUT2D eigenvalue weighted by atomic mass is 9.96. The minimum atomic E-state index is 0.0670. The number of aromatic nitrogens is 5. The summed E-state index contributed by atoms with van der Waals surface area (Å²) in [5.41, 5.74) is 3.56. The van der Waals surface area contributed by atoms with Crippen molar-refractivity contribution in [1.29, 1.82) is 5.41 Å². The summed E-state index contributed by atoms with van der Waals surface area (Å²) >= 11 is 0. The molecule has 1 aliphatic heterocycles.